The highest BCUT2D eigenvalue weighted by atomic mass is 16.6. The maximum absolute atomic E-state index is 11.7. The minimum Gasteiger partial charge on any atom is -0.484 e. The summed E-state index contributed by atoms with van der Waals surface area (Å²) >= 11 is 0. The van der Waals surface area contributed by atoms with E-state index in [0.29, 0.717) is 16.9 Å². The molecule has 1 N–H and O–H groups in total. The van der Waals surface area contributed by atoms with E-state index in [4.69, 9.17) is 9.47 Å². The van der Waals surface area contributed by atoms with Crippen molar-refractivity contribution in [2.45, 2.75) is 6.92 Å². The fourth-order valence-corrected chi connectivity index (χ4v) is 1.94. The zero-order valence-electron chi connectivity index (χ0n) is 14.5. The van der Waals surface area contributed by atoms with Crippen LogP contribution in [0.15, 0.2) is 53.6 Å². The summed E-state index contributed by atoms with van der Waals surface area (Å²) in [5.41, 5.74) is 3.24. The van der Waals surface area contributed by atoms with Gasteiger partial charge in [0.25, 0.3) is 11.6 Å². The zero-order valence-corrected chi connectivity index (χ0v) is 14.5. The minimum absolute atomic E-state index is 0.0291. The second-order valence-corrected chi connectivity index (χ2v) is 5.18. The van der Waals surface area contributed by atoms with Crippen LogP contribution < -0.4 is 10.2 Å². The van der Waals surface area contributed by atoms with Gasteiger partial charge >= 0.3 is 5.97 Å². The Bertz CT molecular complexity index is 831. The molecule has 2 aromatic carbocycles. The van der Waals surface area contributed by atoms with Gasteiger partial charge in [-0.1, -0.05) is 0 Å². The van der Waals surface area contributed by atoms with Crippen molar-refractivity contribution < 1.29 is 24.0 Å². The summed E-state index contributed by atoms with van der Waals surface area (Å²) in [7, 11) is 0. The van der Waals surface area contributed by atoms with E-state index in [1.165, 1.54) is 42.6 Å². The highest BCUT2D eigenvalue weighted by Crippen LogP contribution is 2.13. The number of nitrogens with zero attached hydrogens (tertiary/aromatic N) is 2. The quantitative estimate of drug-likeness (QED) is 0.329. The van der Waals surface area contributed by atoms with Gasteiger partial charge in [0.1, 0.15) is 5.75 Å². The van der Waals surface area contributed by atoms with Gasteiger partial charge in [0, 0.05) is 12.1 Å². The molecule has 140 valence electrons. The number of benzene rings is 2. The van der Waals surface area contributed by atoms with Gasteiger partial charge in [-0.05, 0) is 48.9 Å². The van der Waals surface area contributed by atoms with E-state index in [2.05, 4.69) is 10.5 Å². The molecule has 27 heavy (non-hydrogen) atoms. The average Bonchev–Trinajstić information content (AvgIpc) is 2.67. The van der Waals surface area contributed by atoms with E-state index < -0.39 is 16.8 Å². The highest BCUT2D eigenvalue weighted by molar-refractivity contribution is 5.89. The van der Waals surface area contributed by atoms with Crippen molar-refractivity contribution in [3.8, 4) is 5.75 Å². The van der Waals surface area contributed by atoms with Crippen molar-refractivity contribution in [2.75, 3.05) is 13.2 Å². The van der Waals surface area contributed by atoms with Gasteiger partial charge in [0.15, 0.2) is 6.61 Å². The first-order valence-corrected chi connectivity index (χ1v) is 7.96. The second kappa shape index (κ2) is 9.66. The van der Waals surface area contributed by atoms with E-state index in [1.54, 1.807) is 19.1 Å². The number of amides is 1. The van der Waals surface area contributed by atoms with Gasteiger partial charge in [-0.25, -0.2) is 10.2 Å². The van der Waals surface area contributed by atoms with E-state index in [0.717, 1.165) is 0 Å². The van der Waals surface area contributed by atoms with Crippen LogP contribution in [0.2, 0.25) is 0 Å². The van der Waals surface area contributed by atoms with Gasteiger partial charge in [-0.15, -0.1) is 0 Å². The summed E-state index contributed by atoms with van der Waals surface area (Å²) in [5, 5.41) is 14.3. The maximum Gasteiger partial charge on any atom is 0.338 e. The standard InChI is InChI=1S/C18H17N3O6/c1-2-26-18(23)14-5-9-16(10-6-14)27-12-17(22)20-19-11-13-3-7-15(8-4-13)21(24)25/h3-11H,2,12H2,1H3,(H,20,22). The van der Waals surface area contributed by atoms with Crippen LogP contribution in [-0.2, 0) is 9.53 Å². The molecule has 9 nitrogen and oxygen atoms in total. The number of hydrogen-bond donors (Lipinski definition) is 1. The molecule has 0 unspecified atom stereocenters. The summed E-state index contributed by atoms with van der Waals surface area (Å²) in [6, 6.07) is 11.9. The molecule has 9 heteroatoms. The molecule has 0 spiro atoms. The molecule has 0 aliphatic rings. The molecule has 0 saturated carbocycles. The summed E-state index contributed by atoms with van der Waals surface area (Å²) < 4.78 is 10.2. The van der Waals surface area contributed by atoms with Crippen LogP contribution in [0.3, 0.4) is 0 Å². The van der Waals surface area contributed by atoms with Crippen molar-refractivity contribution in [1.82, 2.24) is 5.43 Å². The number of nitrogens with one attached hydrogen (secondary N) is 1. The predicted molar refractivity (Wildman–Crippen MR) is 96.7 cm³/mol. The Kier molecular flexibility index (Phi) is 7.00. The fraction of sp³-hybridized carbons (Fsp3) is 0.167. The largest absolute Gasteiger partial charge is 0.484 e. The molecule has 0 heterocycles. The highest BCUT2D eigenvalue weighted by Gasteiger charge is 2.07. The van der Waals surface area contributed by atoms with Gasteiger partial charge in [0.05, 0.1) is 23.3 Å². The van der Waals surface area contributed by atoms with E-state index >= 15 is 0 Å². The Morgan fingerprint density at radius 1 is 1.15 bits per heavy atom. The normalized spacial score (nSPS) is 10.4. The van der Waals surface area contributed by atoms with Crippen LogP contribution in [0.5, 0.6) is 5.75 Å². The molecule has 0 aliphatic carbocycles. The lowest BCUT2D eigenvalue weighted by Gasteiger charge is -2.06. The number of rotatable bonds is 8. The lowest BCUT2D eigenvalue weighted by molar-refractivity contribution is -0.384. The molecule has 2 aromatic rings. The van der Waals surface area contributed by atoms with Crippen LogP contribution in [0.25, 0.3) is 0 Å². The topological polar surface area (TPSA) is 120 Å². The first-order chi connectivity index (χ1) is 13.0. The molecule has 0 radical (unpaired) electrons. The molecule has 0 aliphatic heterocycles. The number of non-ortho nitro benzene ring substituents is 1. The molecule has 0 atom stereocenters. The number of nitro benzene ring substituents is 1. The van der Waals surface area contributed by atoms with Gasteiger partial charge in [0.2, 0.25) is 0 Å². The first kappa shape index (κ1) is 19.6. The Morgan fingerprint density at radius 2 is 1.81 bits per heavy atom. The number of carbonyl (C=O) groups excluding carboxylic acids is 2. The zero-order chi connectivity index (χ0) is 19.6. The Hall–Kier alpha value is -3.75. The fourth-order valence-electron chi connectivity index (χ4n) is 1.94. The average molecular weight is 371 g/mol. The van der Waals surface area contributed by atoms with Crippen molar-refractivity contribution >= 4 is 23.8 Å². The Balaban J connectivity index is 1.78. The third-order valence-electron chi connectivity index (χ3n) is 3.24. The first-order valence-electron chi connectivity index (χ1n) is 7.96. The molecular weight excluding hydrogens is 354 g/mol. The summed E-state index contributed by atoms with van der Waals surface area (Å²) in [6.45, 7) is 1.74. The van der Waals surface area contributed by atoms with Gasteiger partial charge in [-0.3, -0.25) is 14.9 Å². The molecule has 0 fully saturated rings. The van der Waals surface area contributed by atoms with E-state index in [-0.39, 0.29) is 18.9 Å². The minimum atomic E-state index is -0.501. The molecule has 2 rings (SSSR count). The summed E-state index contributed by atoms with van der Waals surface area (Å²) in [5.74, 6) is -0.498. The van der Waals surface area contributed by atoms with Crippen molar-refractivity contribution in [3.63, 3.8) is 0 Å². The number of carbonyl (C=O) groups is 2. The number of nitro groups is 1. The number of hydrazone groups is 1. The van der Waals surface area contributed by atoms with E-state index in [1.807, 2.05) is 0 Å². The number of esters is 1. The summed E-state index contributed by atoms with van der Waals surface area (Å²) in [6.07, 6.45) is 1.36. The van der Waals surface area contributed by atoms with Crippen LogP contribution >= 0.6 is 0 Å². The third-order valence-corrected chi connectivity index (χ3v) is 3.24. The van der Waals surface area contributed by atoms with Gasteiger partial charge in [-0.2, -0.15) is 5.10 Å². The monoisotopic (exact) mass is 371 g/mol. The van der Waals surface area contributed by atoms with Crippen LogP contribution in [0.4, 0.5) is 5.69 Å². The number of hydrogen-bond acceptors (Lipinski definition) is 7. The lowest BCUT2D eigenvalue weighted by atomic mass is 10.2. The molecule has 0 aromatic heterocycles. The number of ether oxygens (including phenoxy) is 2. The van der Waals surface area contributed by atoms with Crippen LogP contribution in [0, 0.1) is 10.1 Å². The van der Waals surface area contributed by atoms with Crippen molar-refractivity contribution in [3.05, 3.63) is 69.8 Å². The van der Waals surface area contributed by atoms with Crippen LogP contribution in [-0.4, -0.2) is 36.2 Å². The second-order valence-electron chi connectivity index (χ2n) is 5.18. The molecular formula is C18H17N3O6. The van der Waals surface area contributed by atoms with E-state index in [9.17, 15) is 19.7 Å². The SMILES string of the molecule is CCOC(=O)c1ccc(OCC(=O)NN=Cc2ccc([N+](=O)[O-])cc2)cc1. The maximum atomic E-state index is 11.7. The van der Waals surface area contributed by atoms with Crippen molar-refractivity contribution in [2.24, 2.45) is 5.10 Å². The Morgan fingerprint density at radius 3 is 2.41 bits per heavy atom. The molecule has 0 saturated heterocycles. The van der Waals surface area contributed by atoms with Gasteiger partial charge < -0.3 is 9.47 Å². The van der Waals surface area contributed by atoms with Crippen LogP contribution in [0.1, 0.15) is 22.8 Å². The Labute approximate surface area is 154 Å². The van der Waals surface area contributed by atoms with Crippen molar-refractivity contribution in [1.29, 1.82) is 0 Å². The third kappa shape index (κ3) is 6.24. The molecule has 0 bridgehead atoms. The lowest BCUT2D eigenvalue weighted by Crippen LogP contribution is -2.24. The smallest absolute Gasteiger partial charge is 0.338 e. The molecule has 1 amide bonds. The predicted octanol–water partition coefficient (Wildman–Crippen LogP) is 2.30. The summed E-state index contributed by atoms with van der Waals surface area (Å²) in [4.78, 5) is 33.3.